The second-order valence-corrected chi connectivity index (χ2v) is 6.98. The van der Waals surface area contributed by atoms with Gasteiger partial charge in [-0.25, -0.2) is 0 Å². The van der Waals surface area contributed by atoms with E-state index in [1.807, 2.05) is 6.07 Å². The highest BCUT2D eigenvalue weighted by Gasteiger charge is 2.17. The van der Waals surface area contributed by atoms with Gasteiger partial charge in [0.2, 0.25) is 0 Å². The van der Waals surface area contributed by atoms with E-state index < -0.39 is 10.1 Å². The molecule has 0 N–H and O–H groups in total. The van der Waals surface area contributed by atoms with Crippen LogP contribution in [0.4, 0.5) is 0 Å². The summed E-state index contributed by atoms with van der Waals surface area (Å²) in [4.78, 5) is 12.4. The van der Waals surface area contributed by atoms with E-state index in [1.54, 1.807) is 24.3 Å². The van der Waals surface area contributed by atoms with Crippen molar-refractivity contribution in [1.82, 2.24) is 0 Å². The Morgan fingerprint density at radius 3 is 1.85 bits per heavy atom. The lowest BCUT2D eigenvalue weighted by Crippen LogP contribution is -2.10. The predicted octanol–water partition coefficient (Wildman–Crippen LogP) is 3.69. The minimum atomic E-state index is -3.96. The van der Waals surface area contributed by atoms with Crippen LogP contribution in [0.1, 0.15) is 15.9 Å². The van der Waals surface area contributed by atoms with E-state index in [9.17, 15) is 13.2 Å². The molecular weight excluding hydrogens is 352 g/mol. The molecule has 5 nitrogen and oxygen atoms in total. The molecule has 26 heavy (non-hydrogen) atoms. The van der Waals surface area contributed by atoms with Crippen molar-refractivity contribution >= 4 is 15.9 Å². The fourth-order valence-corrected chi connectivity index (χ4v) is 3.27. The van der Waals surface area contributed by atoms with Crippen molar-refractivity contribution < 1.29 is 22.1 Å². The first kappa shape index (κ1) is 17.7. The van der Waals surface area contributed by atoms with Crippen LogP contribution in [0, 0.1) is 0 Å². The van der Waals surface area contributed by atoms with Crippen LogP contribution in [0.2, 0.25) is 0 Å². The van der Waals surface area contributed by atoms with Crippen molar-refractivity contribution in [3.8, 4) is 11.5 Å². The van der Waals surface area contributed by atoms with Gasteiger partial charge >= 0.3 is 10.1 Å². The molecule has 0 amide bonds. The molecule has 0 saturated heterocycles. The first-order chi connectivity index (χ1) is 12.5. The van der Waals surface area contributed by atoms with E-state index in [4.69, 9.17) is 8.92 Å². The predicted molar refractivity (Wildman–Crippen MR) is 97.1 cm³/mol. The lowest BCUT2D eigenvalue weighted by Gasteiger charge is -2.08. The van der Waals surface area contributed by atoms with Crippen molar-refractivity contribution in [3.05, 3.63) is 90.0 Å². The zero-order valence-electron chi connectivity index (χ0n) is 14.0. The number of carbonyl (C=O) groups excluding carboxylic acids is 1. The quantitative estimate of drug-likeness (QED) is 0.490. The van der Waals surface area contributed by atoms with Crippen LogP contribution >= 0.6 is 0 Å². The summed E-state index contributed by atoms with van der Waals surface area (Å²) in [5.41, 5.74) is 1.01. The third kappa shape index (κ3) is 3.92. The van der Waals surface area contributed by atoms with Crippen molar-refractivity contribution in [1.29, 1.82) is 0 Å². The number of rotatable bonds is 6. The smallest absolute Gasteiger partial charge is 0.339 e. The average molecular weight is 368 g/mol. The number of ketones is 1. The number of ether oxygens (including phenoxy) is 1. The molecule has 3 aromatic carbocycles. The Labute approximate surface area is 151 Å². The maximum Gasteiger partial charge on any atom is 0.339 e. The number of carbonyl (C=O) groups is 1. The molecule has 0 bridgehead atoms. The first-order valence-electron chi connectivity index (χ1n) is 7.78. The summed E-state index contributed by atoms with van der Waals surface area (Å²) in [6, 6.07) is 20.7. The molecule has 3 aromatic rings. The first-order valence-corrected chi connectivity index (χ1v) is 9.19. The summed E-state index contributed by atoms with van der Waals surface area (Å²) < 4.78 is 34.7. The maximum absolute atomic E-state index is 12.4. The average Bonchev–Trinajstić information content (AvgIpc) is 2.68. The highest BCUT2D eigenvalue weighted by atomic mass is 32.2. The molecule has 0 atom stereocenters. The zero-order chi connectivity index (χ0) is 18.6. The Bertz CT molecular complexity index is 992. The van der Waals surface area contributed by atoms with Crippen molar-refractivity contribution in [2.75, 3.05) is 7.11 Å². The van der Waals surface area contributed by atoms with Gasteiger partial charge in [0, 0.05) is 11.1 Å². The second-order valence-electron chi connectivity index (χ2n) is 5.43. The summed E-state index contributed by atoms with van der Waals surface area (Å²) >= 11 is 0. The Morgan fingerprint density at radius 1 is 0.731 bits per heavy atom. The van der Waals surface area contributed by atoms with Gasteiger partial charge in [-0.05, 0) is 48.5 Å². The molecular formula is C20H16O5S. The standard InChI is InChI=1S/C20H16O5S/c1-24-17-11-13-19(14-12-17)26(22,23)25-18-9-7-16(8-10-18)20(21)15-5-3-2-4-6-15/h2-14H,1H3. The van der Waals surface area contributed by atoms with Crippen LogP contribution in [0.15, 0.2) is 83.8 Å². The third-order valence-corrected chi connectivity index (χ3v) is 4.97. The normalized spacial score (nSPS) is 11.0. The molecule has 0 aromatic heterocycles. The zero-order valence-corrected chi connectivity index (χ0v) is 14.8. The van der Waals surface area contributed by atoms with Crippen LogP contribution in [0.25, 0.3) is 0 Å². The lowest BCUT2D eigenvalue weighted by atomic mass is 10.0. The molecule has 0 radical (unpaired) electrons. The molecule has 0 aliphatic rings. The SMILES string of the molecule is COc1ccc(S(=O)(=O)Oc2ccc(C(=O)c3ccccc3)cc2)cc1. The Hall–Kier alpha value is -3.12. The monoisotopic (exact) mass is 368 g/mol. The van der Waals surface area contributed by atoms with Gasteiger partial charge in [-0.2, -0.15) is 8.42 Å². The largest absolute Gasteiger partial charge is 0.497 e. The van der Waals surface area contributed by atoms with Crippen molar-refractivity contribution in [3.63, 3.8) is 0 Å². The van der Waals surface area contributed by atoms with E-state index in [1.165, 1.54) is 55.6 Å². The summed E-state index contributed by atoms with van der Waals surface area (Å²) in [6.07, 6.45) is 0. The Balaban J connectivity index is 1.77. The molecule has 3 rings (SSSR count). The number of benzene rings is 3. The molecule has 132 valence electrons. The van der Waals surface area contributed by atoms with Crippen LogP contribution in [0.3, 0.4) is 0 Å². The summed E-state index contributed by atoms with van der Waals surface area (Å²) in [7, 11) is -2.47. The molecule has 0 heterocycles. The van der Waals surface area contributed by atoms with Gasteiger partial charge in [0.15, 0.2) is 5.78 Å². The Kier molecular flexibility index (Phi) is 5.04. The summed E-state index contributed by atoms with van der Waals surface area (Å²) in [5, 5.41) is 0. The number of hydrogen-bond donors (Lipinski definition) is 0. The summed E-state index contributed by atoms with van der Waals surface area (Å²) in [6.45, 7) is 0. The van der Waals surface area contributed by atoms with Crippen LogP contribution in [0.5, 0.6) is 11.5 Å². The van der Waals surface area contributed by atoms with Gasteiger partial charge < -0.3 is 8.92 Å². The van der Waals surface area contributed by atoms with Gasteiger partial charge in [0.05, 0.1) is 7.11 Å². The Morgan fingerprint density at radius 2 is 1.27 bits per heavy atom. The molecule has 0 aliphatic heterocycles. The van der Waals surface area contributed by atoms with E-state index in [0.717, 1.165) is 0 Å². The van der Waals surface area contributed by atoms with E-state index in [0.29, 0.717) is 16.9 Å². The second kappa shape index (κ2) is 7.41. The molecule has 0 fully saturated rings. The highest BCUT2D eigenvalue weighted by Crippen LogP contribution is 2.22. The minimum absolute atomic E-state index is 0.0164. The topological polar surface area (TPSA) is 69.7 Å². The van der Waals surface area contributed by atoms with Crippen LogP contribution in [-0.2, 0) is 10.1 Å². The third-order valence-electron chi connectivity index (χ3n) is 3.71. The van der Waals surface area contributed by atoms with Gasteiger partial charge in [-0.1, -0.05) is 30.3 Å². The fourth-order valence-electron chi connectivity index (χ4n) is 2.34. The maximum atomic E-state index is 12.4. The minimum Gasteiger partial charge on any atom is -0.497 e. The molecule has 0 saturated carbocycles. The van der Waals surface area contributed by atoms with Gasteiger partial charge in [-0.15, -0.1) is 0 Å². The van der Waals surface area contributed by atoms with Gasteiger partial charge in [0.25, 0.3) is 0 Å². The van der Waals surface area contributed by atoms with Crippen LogP contribution < -0.4 is 8.92 Å². The highest BCUT2D eigenvalue weighted by molar-refractivity contribution is 7.87. The summed E-state index contributed by atoms with van der Waals surface area (Å²) in [5.74, 6) is 0.535. The number of methoxy groups -OCH3 is 1. The number of hydrogen-bond acceptors (Lipinski definition) is 5. The molecule has 0 spiro atoms. The van der Waals surface area contributed by atoms with Gasteiger partial charge in [0.1, 0.15) is 16.4 Å². The molecule has 6 heteroatoms. The molecule has 0 unspecified atom stereocenters. The van der Waals surface area contributed by atoms with E-state index in [2.05, 4.69) is 0 Å². The fraction of sp³-hybridized carbons (Fsp3) is 0.0500. The van der Waals surface area contributed by atoms with Crippen LogP contribution in [-0.4, -0.2) is 21.3 Å². The lowest BCUT2D eigenvalue weighted by molar-refractivity contribution is 0.103. The van der Waals surface area contributed by atoms with E-state index >= 15 is 0 Å². The van der Waals surface area contributed by atoms with Gasteiger partial charge in [-0.3, -0.25) is 4.79 Å². The molecule has 0 aliphatic carbocycles. The van der Waals surface area contributed by atoms with Crippen molar-refractivity contribution in [2.24, 2.45) is 0 Å². The van der Waals surface area contributed by atoms with Crippen molar-refractivity contribution in [2.45, 2.75) is 4.90 Å². The van der Waals surface area contributed by atoms with E-state index in [-0.39, 0.29) is 16.4 Å².